The molecule has 27 heavy (non-hydrogen) atoms. The predicted octanol–water partition coefficient (Wildman–Crippen LogP) is 3.58. The number of nitrogens with zero attached hydrogens (tertiary/aromatic N) is 1. The van der Waals surface area contributed by atoms with Gasteiger partial charge >= 0.3 is 0 Å². The van der Waals surface area contributed by atoms with Gasteiger partial charge in [0.25, 0.3) is 0 Å². The van der Waals surface area contributed by atoms with E-state index in [1.54, 1.807) is 0 Å². The van der Waals surface area contributed by atoms with Crippen LogP contribution >= 0.6 is 0 Å². The molecule has 0 unspecified atom stereocenters. The van der Waals surface area contributed by atoms with Gasteiger partial charge in [0.15, 0.2) is 0 Å². The Morgan fingerprint density at radius 3 is 1.96 bits per heavy atom. The summed E-state index contributed by atoms with van der Waals surface area (Å²) in [6.07, 6.45) is 2.41. The number of piperidine rings is 1. The van der Waals surface area contributed by atoms with E-state index in [-0.39, 0.29) is 23.7 Å². The molecule has 4 nitrogen and oxygen atoms in total. The first-order chi connectivity index (χ1) is 13.2. The first-order valence-electron chi connectivity index (χ1n) is 9.87. The lowest BCUT2D eigenvalue weighted by atomic mass is 9.88. The second kappa shape index (κ2) is 9.36. The highest BCUT2D eigenvalue weighted by Crippen LogP contribution is 2.29. The van der Waals surface area contributed by atoms with Crippen LogP contribution in [-0.4, -0.2) is 36.3 Å². The Hall–Kier alpha value is -2.62. The molecule has 1 aliphatic rings. The third-order valence-electron chi connectivity index (χ3n) is 5.24. The monoisotopic (exact) mass is 364 g/mol. The minimum absolute atomic E-state index is 0.0208. The maximum absolute atomic E-state index is 13.4. The van der Waals surface area contributed by atoms with Crippen LogP contribution in [0.3, 0.4) is 0 Å². The predicted molar refractivity (Wildman–Crippen MR) is 107 cm³/mol. The Labute approximate surface area is 161 Å². The summed E-state index contributed by atoms with van der Waals surface area (Å²) >= 11 is 0. The van der Waals surface area contributed by atoms with Crippen molar-refractivity contribution in [3.8, 4) is 0 Å². The molecule has 0 radical (unpaired) electrons. The van der Waals surface area contributed by atoms with E-state index in [9.17, 15) is 9.59 Å². The fourth-order valence-electron chi connectivity index (χ4n) is 3.71. The highest BCUT2D eigenvalue weighted by Gasteiger charge is 2.32. The zero-order valence-corrected chi connectivity index (χ0v) is 15.9. The Kier molecular flexibility index (Phi) is 6.64. The summed E-state index contributed by atoms with van der Waals surface area (Å²) in [5.74, 6) is -0.0168. The van der Waals surface area contributed by atoms with Gasteiger partial charge in [-0.1, -0.05) is 67.6 Å². The molecule has 0 atom stereocenters. The number of rotatable bonds is 6. The van der Waals surface area contributed by atoms with Crippen molar-refractivity contribution in [2.75, 3.05) is 19.6 Å². The number of carbonyl (C=O) groups excluding carboxylic acids is 2. The zero-order chi connectivity index (χ0) is 19.1. The molecule has 1 N–H and O–H groups in total. The molecule has 1 fully saturated rings. The molecular formula is C23H28N2O2. The zero-order valence-electron chi connectivity index (χ0n) is 15.9. The standard InChI is InChI=1S/C23H28N2O2/c1-2-15-24-22(26)20-13-16-25(17-14-20)23(27)21(18-9-5-3-6-10-18)19-11-7-4-8-12-19/h3-12,20-21H,2,13-17H2,1H3,(H,24,26). The highest BCUT2D eigenvalue weighted by molar-refractivity contribution is 5.87. The van der Waals surface area contributed by atoms with Gasteiger partial charge < -0.3 is 10.2 Å². The van der Waals surface area contributed by atoms with E-state index in [2.05, 4.69) is 12.2 Å². The minimum atomic E-state index is -0.294. The molecule has 3 rings (SSSR count). The van der Waals surface area contributed by atoms with Gasteiger partial charge in [-0.05, 0) is 30.4 Å². The van der Waals surface area contributed by atoms with Crippen LogP contribution < -0.4 is 5.32 Å². The maximum Gasteiger partial charge on any atom is 0.234 e. The summed E-state index contributed by atoms with van der Waals surface area (Å²) in [6.45, 7) is 4.05. The molecule has 1 saturated heterocycles. The van der Waals surface area contributed by atoms with Crippen LogP contribution in [0.2, 0.25) is 0 Å². The summed E-state index contributed by atoms with van der Waals surface area (Å²) in [5, 5.41) is 2.98. The van der Waals surface area contributed by atoms with Crippen LogP contribution in [0.1, 0.15) is 43.2 Å². The summed E-state index contributed by atoms with van der Waals surface area (Å²) < 4.78 is 0. The smallest absolute Gasteiger partial charge is 0.234 e. The molecule has 2 amide bonds. The van der Waals surface area contributed by atoms with Crippen LogP contribution in [0.15, 0.2) is 60.7 Å². The molecule has 0 spiro atoms. The van der Waals surface area contributed by atoms with E-state index in [0.717, 1.165) is 36.9 Å². The van der Waals surface area contributed by atoms with Crippen molar-refractivity contribution in [3.63, 3.8) is 0 Å². The molecule has 2 aromatic rings. The van der Waals surface area contributed by atoms with Gasteiger partial charge in [-0.3, -0.25) is 9.59 Å². The fraction of sp³-hybridized carbons (Fsp3) is 0.391. The first kappa shape index (κ1) is 19.2. The molecule has 1 aliphatic heterocycles. The number of amides is 2. The fourth-order valence-corrected chi connectivity index (χ4v) is 3.71. The molecule has 0 bridgehead atoms. The van der Waals surface area contributed by atoms with Crippen molar-refractivity contribution in [1.82, 2.24) is 10.2 Å². The molecule has 2 aromatic carbocycles. The largest absolute Gasteiger partial charge is 0.356 e. The average Bonchev–Trinajstić information content (AvgIpc) is 2.74. The van der Waals surface area contributed by atoms with Crippen LogP contribution in [0, 0.1) is 5.92 Å². The third kappa shape index (κ3) is 4.76. The van der Waals surface area contributed by atoms with Gasteiger partial charge in [0.1, 0.15) is 0 Å². The Balaban J connectivity index is 1.72. The quantitative estimate of drug-likeness (QED) is 0.852. The number of carbonyl (C=O) groups is 2. The van der Waals surface area contributed by atoms with E-state index in [1.165, 1.54) is 0 Å². The van der Waals surface area contributed by atoms with Crippen molar-refractivity contribution < 1.29 is 9.59 Å². The lowest BCUT2D eigenvalue weighted by Gasteiger charge is -2.34. The lowest BCUT2D eigenvalue weighted by Crippen LogP contribution is -2.44. The number of hydrogen-bond acceptors (Lipinski definition) is 2. The molecule has 1 heterocycles. The van der Waals surface area contributed by atoms with E-state index in [0.29, 0.717) is 13.1 Å². The van der Waals surface area contributed by atoms with Gasteiger partial charge in [-0.25, -0.2) is 0 Å². The number of hydrogen-bond donors (Lipinski definition) is 1. The maximum atomic E-state index is 13.4. The van der Waals surface area contributed by atoms with E-state index in [1.807, 2.05) is 65.6 Å². The van der Waals surface area contributed by atoms with Gasteiger partial charge in [-0.2, -0.15) is 0 Å². The van der Waals surface area contributed by atoms with E-state index < -0.39 is 0 Å². The van der Waals surface area contributed by atoms with Crippen LogP contribution in [0.25, 0.3) is 0 Å². The van der Waals surface area contributed by atoms with Gasteiger partial charge in [0.2, 0.25) is 11.8 Å². The summed E-state index contributed by atoms with van der Waals surface area (Å²) in [6, 6.07) is 19.9. The van der Waals surface area contributed by atoms with Crippen LogP contribution in [-0.2, 0) is 9.59 Å². The molecule has 0 aliphatic carbocycles. The molecule has 0 saturated carbocycles. The molecule has 4 heteroatoms. The first-order valence-corrected chi connectivity index (χ1v) is 9.87. The van der Waals surface area contributed by atoms with Crippen molar-refractivity contribution in [3.05, 3.63) is 71.8 Å². The van der Waals surface area contributed by atoms with Crippen molar-refractivity contribution in [2.45, 2.75) is 32.1 Å². The van der Waals surface area contributed by atoms with Crippen LogP contribution in [0.5, 0.6) is 0 Å². The summed E-state index contributed by atoms with van der Waals surface area (Å²) in [7, 11) is 0. The van der Waals surface area contributed by atoms with Gasteiger partial charge in [0.05, 0.1) is 5.92 Å². The number of benzene rings is 2. The highest BCUT2D eigenvalue weighted by atomic mass is 16.2. The minimum Gasteiger partial charge on any atom is -0.356 e. The molecule has 142 valence electrons. The second-order valence-electron chi connectivity index (χ2n) is 7.14. The van der Waals surface area contributed by atoms with Crippen molar-refractivity contribution in [2.24, 2.45) is 5.92 Å². The normalized spacial score (nSPS) is 15.0. The molecular weight excluding hydrogens is 336 g/mol. The van der Waals surface area contributed by atoms with Gasteiger partial charge in [0, 0.05) is 25.6 Å². The van der Waals surface area contributed by atoms with Crippen molar-refractivity contribution >= 4 is 11.8 Å². The SMILES string of the molecule is CCCNC(=O)C1CCN(C(=O)C(c2ccccc2)c2ccccc2)CC1. The molecule has 0 aromatic heterocycles. The lowest BCUT2D eigenvalue weighted by molar-refractivity contribution is -0.136. The van der Waals surface area contributed by atoms with Gasteiger partial charge in [-0.15, -0.1) is 0 Å². The number of nitrogens with one attached hydrogen (secondary N) is 1. The van der Waals surface area contributed by atoms with E-state index in [4.69, 9.17) is 0 Å². The Morgan fingerprint density at radius 1 is 0.963 bits per heavy atom. The van der Waals surface area contributed by atoms with E-state index >= 15 is 0 Å². The van der Waals surface area contributed by atoms with Crippen LogP contribution in [0.4, 0.5) is 0 Å². The Bertz CT molecular complexity index is 698. The number of likely N-dealkylation sites (tertiary alicyclic amines) is 1. The summed E-state index contributed by atoms with van der Waals surface area (Å²) in [5.41, 5.74) is 2.02. The topological polar surface area (TPSA) is 49.4 Å². The van der Waals surface area contributed by atoms with Crippen molar-refractivity contribution in [1.29, 1.82) is 0 Å². The summed E-state index contributed by atoms with van der Waals surface area (Å²) in [4.78, 5) is 27.5. The third-order valence-corrected chi connectivity index (χ3v) is 5.24. The average molecular weight is 364 g/mol. The Morgan fingerprint density at radius 2 is 1.48 bits per heavy atom. The second-order valence-corrected chi connectivity index (χ2v) is 7.14.